The summed E-state index contributed by atoms with van der Waals surface area (Å²) in [6.45, 7) is 0.499. The van der Waals surface area contributed by atoms with Gasteiger partial charge in [-0.25, -0.2) is 4.79 Å². The van der Waals surface area contributed by atoms with Crippen molar-refractivity contribution in [3.63, 3.8) is 0 Å². The molecule has 0 fully saturated rings. The lowest BCUT2D eigenvalue weighted by molar-refractivity contribution is -0.137. The number of carbonyl (C=O) groups excluding carboxylic acids is 2. The van der Waals surface area contributed by atoms with E-state index in [1.807, 2.05) is 0 Å². The fourth-order valence-electron chi connectivity index (χ4n) is 1.61. The van der Waals surface area contributed by atoms with E-state index in [1.165, 1.54) is 16.8 Å². The van der Waals surface area contributed by atoms with Gasteiger partial charge in [0.1, 0.15) is 0 Å². The van der Waals surface area contributed by atoms with Crippen LogP contribution in [0.3, 0.4) is 0 Å². The summed E-state index contributed by atoms with van der Waals surface area (Å²) < 4.78 is 37.3. The predicted octanol–water partition coefficient (Wildman–Crippen LogP) is 2.05. The third kappa shape index (κ3) is 4.94. The Balaban J connectivity index is 2.58. The van der Waals surface area contributed by atoms with Gasteiger partial charge < -0.3 is 15.1 Å². The Kier molecular flexibility index (Phi) is 5.78. The fraction of sp³-hybridized carbons (Fsp3) is 0.429. The molecule has 1 rings (SSSR count). The van der Waals surface area contributed by atoms with Crippen LogP contribution in [0, 0.1) is 0 Å². The third-order valence-corrected chi connectivity index (χ3v) is 2.94. The first-order valence-electron chi connectivity index (χ1n) is 6.51. The van der Waals surface area contributed by atoms with Crippen LogP contribution in [-0.2, 0) is 6.18 Å². The molecule has 0 atom stereocenters. The molecule has 0 aliphatic rings. The van der Waals surface area contributed by atoms with Crippen LogP contribution < -0.4 is 5.32 Å². The Morgan fingerprint density at radius 3 is 2.09 bits per heavy atom. The van der Waals surface area contributed by atoms with Crippen molar-refractivity contribution in [3.05, 3.63) is 35.4 Å². The molecule has 0 radical (unpaired) electrons. The molecule has 8 heteroatoms. The van der Waals surface area contributed by atoms with Gasteiger partial charge >= 0.3 is 12.2 Å². The van der Waals surface area contributed by atoms with E-state index < -0.39 is 17.6 Å². The van der Waals surface area contributed by atoms with Crippen molar-refractivity contribution in [2.45, 2.75) is 6.18 Å². The van der Waals surface area contributed by atoms with Crippen LogP contribution in [0.4, 0.5) is 18.0 Å². The number of urea groups is 1. The summed E-state index contributed by atoms with van der Waals surface area (Å²) in [5.41, 5.74) is -0.639. The number of nitrogens with one attached hydrogen (secondary N) is 1. The summed E-state index contributed by atoms with van der Waals surface area (Å²) in [5, 5.41) is 2.59. The second-order valence-electron chi connectivity index (χ2n) is 4.93. The Labute approximate surface area is 126 Å². The minimum absolute atomic E-state index is 0.162. The zero-order valence-corrected chi connectivity index (χ0v) is 12.6. The van der Waals surface area contributed by atoms with E-state index in [0.29, 0.717) is 0 Å². The predicted molar refractivity (Wildman–Crippen MR) is 75.5 cm³/mol. The number of carbonyl (C=O) groups is 2. The molecule has 0 heterocycles. The number of likely N-dealkylation sites (N-methyl/N-ethyl adjacent to an activating group) is 1. The first-order valence-corrected chi connectivity index (χ1v) is 6.51. The van der Waals surface area contributed by atoms with Gasteiger partial charge in [-0.3, -0.25) is 4.79 Å². The molecule has 1 N–H and O–H groups in total. The number of amides is 3. The number of hydrogen-bond donors (Lipinski definition) is 1. The molecule has 3 amide bonds. The standard InChI is InChI=1S/C14H18F3N3O2/c1-19(2)13(22)18-8-9-20(3)12(21)10-4-6-11(7-5-10)14(15,16)17/h4-7H,8-9H2,1-3H3,(H,18,22). The van der Waals surface area contributed by atoms with E-state index in [4.69, 9.17) is 0 Å². The SMILES string of the molecule is CN(C)C(=O)NCCN(C)C(=O)c1ccc(C(F)(F)F)cc1. The van der Waals surface area contributed by atoms with E-state index in [2.05, 4.69) is 5.32 Å². The van der Waals surface area contributed by atoms with E-state index in [-0.39, 0.29) is 24.7 Å². The highest BCUT2D eigenvalue weighted by Crippen LogP contribution is 2.29. The lowest BCUT2D eigenvalue weighted by Crippen LogP contribution is -2.40. The molecule has 0 unspecified atom stereocenters. The molecule has 0 aliphatic carbocycles. The maximum atomic E-state index is 12.4. The first kappa shape index (κ1) is 17.8. The van der Waals surface area contributed by atoms with Gasteiger partial charge in [0.15, 0.2) is 0 Å². The molecule has 1 aromatic carbocycles. The Hall–Kier alpha value is -2.25. The summed E-state index contributed by atoms with van der Waals surface area (Å²) in [6, 6.07) is 3.74. The molecule has 0 saturated carbocycles. The summed E-state index contributed by atoms with van der Waals surface area (Å²) in [4.78, 5) is 26.0. The van der Waals surface area contributed by atoms with Crippen molar-refractivity contribution >= 4 is 11.9 Å². The molecule has 0 spiro atoms. The highest BCUT2D eigenvalue weighted by molar-refractivity contribution is 5.94. The third-order valence-electron chi connectivity index (χ3n) is 2.94. The van der Waals surface area contributed by atoms with Crippen molar-refractivity contribution in [2.75, 3.05) is 34.2 Å². The minimum atomic E-state index is -4.43. The topological polar surface area (TPSA) is 52.7 Å². The van der Waals surface area contributed by atoms with Crippen LogP contribution in [0.15, 0.2) is 24.3 Å². The van der Waals surface area contributed by atoms with Gasteiger partial charge in [-0.2, -0.15) is 13.2 Å². The molecule has 0 bridgehead atoms. The number of nitrogens with zero attached hydrogens (tertiary/aromatic N) is 2. The average molecular weight is 317 g/mol. The molecule has 0 aliphatic heterocycles. The minimum Gasteiger partial charge on any atom is -0.340 e. The van der Waals surface area contributed by atoms with Crippen molar-refractivity contribution in [3.8, 4) is 0 Å². The smallest absolute Gasteiger partial charge is 0.340 e. The van der Waals surface area contributed by atoms with E-state index in [0.717, 1.165) is 24.3 Å². The number of benzene rings is 1. The molecule has 22 heavy (non-hydrogen) atoms. The van der Waals surface area contributed by atoms with Crippen molar-refractivity contribution in [1.82, 2.24) is 15.1 Å². The normalized spacial score (nSPS) is 11.0. The first-order chi connectivity index (χ1) is 10.1. The fourth-order valence-corrected chi connectivity index (χ4v) is 1.61. The molecule has 0 aromatic heterocycles. The summed E-state index contributed by atoms with van der Waals surface area (Å²) in [5.74, 6) is -0.409. The number of rotatable bonds is 4. The lowest BCUT2D eigenvalue weighted by Gasteiger charge is -2.19. The van der Waals surface area contributed by atoms with Crippen molar-refractivity contribution in [1.29, 1.82) is 0 Å². The molecular weight excluding hydrogens is 299 g/mol. The summed E-state index contributed by atoms with van der Waals surface area (Å²) in [7, 11) is 4.70. The molecule has 5 nitrogen and oxygen atoms in total. The average Bonchev–Trinajstić information content (AvgIpc) is 2.45. The number of alkyl halides is 3. The second kappa shape index (κ2) is 7.15. The Morgan fingerprint density at radius 2 is 1.64 bits per heavy atom. The molecule has 0 saturated heterocycles. The zero-order valence-electron chi connectivity index (χ0n) is 12.6. The van der Waals surface area contributed by atoms with Gasteiger partial charge in [-0.1, -0.05) is 0 Å². The van der Waals surface area contributed by atoms with E-state index >= 15 is 0 Å². The van der Waals surface area contributed by atoms with Gasteiger partial charge in [0.2, 0.25) is 0 Å². The molecule has 122 valence electrons. The van der Waals surface area contributed by atoms with Crippen LogP contribution in [-0.4, -0.2) is 56.0 Å². The number of halogens is 3. The van der Waals surface area contributed by atoms with Crippen LogP contribution in [0.1, 0.15) is 15.9 Å². The van der Waals surface area contributed by atoms with Crippen molar-refractivity contribution < 1.29 is 22.8 Å². The van der Waals surface area contributed by atoms with E-state index in [9.17, 15) is 22.8 Å². The summed E-state index contributed by atoms with van der Waals surface area (Å²) >= 11 is 0. The zero-order chi connectivity index (χ0) is 16.9. The van der Waals surface area contributed by atoms with Gasteiger partial charge in [0.25, 0.3) is 5.91 Å². The van der Waals surface area contributed by atoms with Crippen LogP contribution in [0.2, 0.25) is 0 Å². The van der Waals surface area contributed by atoms with Crippen LogP contribution in [0.5, 0.6) is 0 Å². The monoisotopic (exact) mass is 317 g/mol. The van der Waals surface area contributed by atoms with E-state index in [1.54, 1.807) is 14.1 Å². The highest BCUT2D eigenvalue weighted by Gasteiger charge is 2.30. The quantitative estimate of drug-likeness (QED) is 0.924. The summed E-state index contributed by atoms with van der Waals surface area (Å²) in [6.07, 6.45) is -4.43. The van der Waals surface area contributed by atoms with Gasteiger partial charge in [0.05, 0.1) is 5.56 Å². The molecular formula is C14H18F3N3O2. The maximum absolute atomic E-state index is 12.4. The Bertz CT molecular complexity index is 527. The van der Waals surface area contributed by atoms with Gasteiger partial charge in [0, 0.05) is 39.8 Å². The van der Waals surface area contributed by atoms with Crippen LogP contribution in [0.25, 0.3) is 0 Å². The van der Waals surface area contributed by atoms with Crippen molar-refractivity contribution in [2.24, 2.45) is 0 Å². The number of hydrogen-bond acceptors (Lipinski definition) is 2. The van der Waals surface area contributed by atoms with Gasteiger partial charge in [-0.05, 0) is 24.3 Å². The largest absolute Gasteiger partial charge is 0.416 e. The maximum Gasteiger partial charge on any atom is 0.416 e. The molecule has 1 aromatic rings. The second-order valence-corrected chi connectivity index (χ2v) is 4.93. The van der Waals surface area contributed by atoms with Gasteiger partial charge in [-0.15, -0.1) is 0 Å². The van der Waals surface area contributed by atoms with Crippen LogP contribution >= 0.6 is 0 Å². The Morgan fingerprint density at radius 1 is 1.09 bits per heavy atom. The lowest BCUT2D eigenvalue weighted by atomic mass is 10.1. The highest BCUT2D eigenvalue weighted by atomic mass is 19.4.